The average molecular weight is 127 g/mol. The molecule has 0 aromatic rings. The molecule has 1 aliphatic heterocycles. The molecular weight excluding hydrogens is 118 g/mol. The Balaban J connectivity index is 2.70. The quantitative estimate of drug-likeness (QED) is 0.328. The van der Waals surface area contributed by atoms with Crippen LogP contribution in [0.25, 0.3) is 0 Å². The fourth-order valence-electron chi connectivity index (χ4n) is 0.486. The van der Waals surface area contributed by atoms with Crippen LogP contribution >= 0.6 is 0 Å². The van der Waals surface area contributed by atoms with Gasteiger partial charge in [0.2, 0.25) is 5.96 Å². The van der Waals surface area contributed by atoms with Gasteiger partial charge < -0.3 is 17.2 Å². The molecule has 5 heteroatoms. The molecule has 0 aliphatic carbocycles. The van der Waals surface area contributed by atoms with E-state index in [2.05, 4.69) is 9.98 Å². The molecular formula is C4H9N5. The van der Waals surface area contributed by atoms with Gasteiger partial charge in [-0.25, -0.2) is 9.98 Å². The highest BCUT2D eigenvalue weighted by molar-refractivity contribution is 5.91. The first-order valence-electron chi connectivity index (χ1n) is 2.53. The minimum absolute atomic E-state index is 0.238. The molecule has 0 saturated carbocycles. The molecule has 0 amide bonds. The molecule has 1 aliphatic rings. The van der Waals surface area contributed by atoms with E-state index in [1.165, 1.54) is 6.21 Å². The lowest BCUT2D eigenvalue weighted by atomic mass is 10.2. The lowest BCUT2D eigenvalue weighted by Gasteiger charge is -2.18. The summed E-state index contributed by atoms with van der Waals surface area (Å²) in [6.45, 7) is 0.308. The molecule has 5 nitrogen and oxygen atoms in total. The Kier molecular flexibility index (Phi) is 1.22. The average Bonchev–Trinajstić information content (AvgIpc) is 1.78. The first-order chi connectivity index (χ1) is 4.10. The number of hydrogen-bond acceptors (Lipinski definition) is 5. The lowest BCUT2D eigenvalue weighted by Crippen LogP contribution is -2.55. The van der Waals surface area contributed by atoms with E-state index in [1.807, 2.05) is 0 Å². The van der Waals surface area contributed by atoms with Crippen LogP contribution in [0.15, 0.2) is 9.98 Å². The Labute approximate surface area is 52.6 Å². The van der Waals surface area contributed by atoms with E-state index in [1.54, 1.807) is 0 Å². The van der Waals surface area contributed by atoms with Gasteiger partial charge in [-0.1, -0.05) is 0 Å². The van der Waals surface area contributed by atoms with Crippen molar-refractivity contribution >= 4 is 12.2 Å². The van der Waals surface area contributed by atoms with Gasteiger partial charge in [0.15, 0.2) is 0 Å². The van der Waals surface area contributed by atoms with Crippen LogP contribution in [0.2, 0.25) is 0 Å². The summed E-state index contributed by atoms with van der Waals surface area (Å²) in [5.41, 5.74) is 15.1. The molecule has 0 saturated heterocycles. The van der Waals surface area contributed by atoms with E-state index >= 15 is 0 Å². The molecule has 6 N–H and O–H groups in total. The van der Waals surface area contributed by atoms with Gasteiger partial charge >= 0.3 is 0 Å². The smallest absolute Gasteiger partial charge is 0.215 e. The van der Waals surface area contributed by atoms with Crippen molar-refractivity contribution in [1.82, 2.24) is 0 Å². The standard InChI is InChI=1S/C4H9N5/c5-3-8-1-4(6,7)2-9-3/h1H,2,6-7H2,(H2,5,9). The second kappa shape index (κ2) is 1.78. The Morgan fingerprint density at radius 3 is 2.56 bits per heavy atom. The summed E-state index contributed by atoms with van der Waals surface area (Å²) >= 11 is 0. The van der Waals surface area contributed by atoms with Crippen molar-refractivity contribution in [3.63, 3.8) is 0 Å². The fourth-order valence-corrected chi connectivity index (χ4v) is 0.486. The van der Waals surface area contributed by atoms with Gasteiger partial charge in [0, 0.05) is 6.21 Å². The lowest BCUT2D eigenvalue weighted by molar-refractivity contribution is 0.611. The summed E-state index contributed by atoms with van der Waals surface area (Å²) in [6.07, 6.45) is 1.40. The largest absolute Gasteiger partial charge is 0.368 e. The van der Waals surface area contributed by atoms with Crippen LogP contribution in [0.3, 0.4) is 0 Å². The van der Waals surface area contributed by atoms with Gasteiger partial charge in [0.05, 0.1) is 6.54 Å². The van der Waals surface area contributed by atoms with Gasteiger partial charge in [0.1, 0.15) is 5.66 Å². The molecule has 0 bridgehead atoms. The number of aliphatic imine (C=N–C) groups is 2. The maximum atomic E-state index is 5.41. The summed E-state index contributed by atoms with van der Waals surface area (Å²) in [7, 11) is 0. The van der Waals surface area contributed by atoms with Gasteiger partial charge in [-0.3, -0.25) is 0 Å². The number of nitrogens with two attached hydrogens (primary N) is 3. The van der Waals surface area contributed by atoms with Gasteiger partial charge in [-0.15, -0.1) is 0 Å². The van der Waals surface area contributed by atoms with Crippen LogP contribution in [-0.2, 0) is 0 Å². The Bertz CT molecular complexity index is 168. The van der Waals surface area contributed by atoms with Crippen LogP contribution in [0.4, 0.5) is 0 Å². The minimum atomic E-state index is -0.900. The number of nitrogens with zero attached hydrogens (tertiary/aromatic N) is 2. The second-order valence-electron chi connectivity index (χ2n) is 2.04. The minimum Gasteiger partial charge on any atom is -0.368 e. The van der Waals surface area contributed by atoms with E-state index < -0.39 is 5.66 Å². The van der Waals surface area contributed by atoms with Crippen LogP contribution < -0.4 is 17.2 Å². The van der Waals surface area contributed by atoms with Crippen molar-refractivity contribution in [3.05, 3.63) is 0 Å². The van der Waals surface area contributed by atoms with Crippen LogP contribution in [-0.4, -0.2) is 24.4 Å². The molecule has 0 atom stereocenters. The number of hydrogen-bond donors (Lipinski definition) is 3. The maximum Gasteiger partial charge on any atom is 0.215 e. The van der Waals surface area contributed by atoms with Crippen molar-refractivity contribution in [1.29, 1.82) is 0 Å². The number of rotatable bonds is 0. The molecule has 1 heterocycles. The molecule has 0 aromatic carbocycles. The molecule has 0 spiro atoms. The highest BCUT2D eigenvalue weighted by Gasteiger charge is 2.18. The van der Waals surface area contributed by atoms with E-state index in [0.29, 0.717) is 6.54 Å². The molecule has 1 rings (SSSR count). The molecule has 0 radical (unpaired) electrons. The van der Waals surface area contributed by atoms with Crippen molar-refractivity contribution in [2.75, 3.05) is 6.54 Å². The zero-order chi connectivity index (χ0) is 6.91. The Morgan fingerprint density at radius 1 is 1.56 bits per heavy atom. The third-order valence-electron chi connectivity index (χ3n) is 0.952. The molecule has 0 fully saturated rings. The van der Waals surface area contributed by atoms with Crippen molar-refractivity contribution < 1.29 is 0 Å². The Hall–Kier alpha value is -0.940. The first kappa shape index (κ1) is 6.18. The summed E-state index contributed by atoms with van der Waals surface area (Å²) in [6, 6.07) is 0. The van der Waals surface area contributed by atoms with E-state index in [4.69, 9.17) is 17.2 Å². The van der Waals surface area contributed by atoms with Crippen molar-refractivity contribution in [2.24, 2.45) is 27.2 Å². The number of guanidine groups is 1. The monoisotopic (exact) mass is 127 g/mol. The van der Waals surface area contributed by atoms with E-state index in [9.17, 15) is 0 Å². The van der Waals surface area contributed by atoms with Crippen molar-refractivity contribution in [2.45, 2.75) is 5.66 Å². The maximum absolute atomic E-state index is 5.41. The van der Waals surface area contributed by atoms with E-state index in [-0.39, 0.29) is 5.96 Å². The second-order valence-corrected chi connectivity index (χ2v) is 2.04. The Morgan fingerprint density at radius 2 is 2.22 bits per heavy atom. The van der Waals surface area contributed by atoms with Crippen LogP contribution in [0, 0.1) is 0 Å². The SMILES string of the molecule is NC1=NCC(N)(N)C=N1. The molecule has 0 aromatic heterocycles. The summed E-state index contributed by atoms with van der Waals surface area (Å²) in [5, 5.41) is 0. The zero-order valence-electron chi connectivity index (χ0n) is 4.91. The summed E-state index contributed by atoms with van der Waals surface area (Å²) in [5.74, 6) is 0.238. The van der Waals surface area contributed by atoms with E-state index in [0.717, 1.165) is 0 Å². The van der Waals surface area contributed by atoms with Gasteiger partial charge in [-0.2, -0.15) is 0 Å². The summed E-state index contributed by atoms with van der Waals surface area (Å²) in [4.78, 5) is 7.36. The fraction of sp³-hybridized carbons (Fsp3) is 0.500. The normalized spacial score (nSPS) is 23.6. The molecule has 50 valence electrons. The predicted molar refractivity (Wildman–Crippen MR) is 36.1 cm³/mol. The topological polar surface area (TPSA) is 103 Å². The molecule has 9 heavy (non-hydrogen) atoms. The van der Waals surface area contributed by atoms with Crippen LogP contribution in [0.1, 0.15) is 0 Å². The highest BCUT2D eigenvalue weighted by Crippen LogP contribution is 1.93. The third kappa shape index (κ3) is 1.48. The van der Waals surface area contributed by atoms with Gasteiger partial charge in [-0.05, 0) is 0 Å². The summed E-state index contributed by atoms with van der Waals surface area (Å²) < 4.78 is 0. The predicted octanol–water partition coefficient (Wildman–Crippen LogP) is -2.00. The first-order valence-corrected chi connectivity index (χ1v) is 2.53. The third-order valence-corrected chi connectivity index (χ3v) is 0.952. The molecule has 0 unspecified atom stereocenters. The van der Waals surface area contributed by atoms with Gasteiger partial charge in [0.25, 0.3) is 0 Å². The van der Waals surface area contributed by atoms with Crippen molar-refractivity contribution in [3.8, 4) is 0 Å². The zero-order valence-corrected chi connectivity index (χ0v) is 4.91. The van der Waals surface area contributed by atoms with Crippen LogP contribution in [0.5, 0.6) is 0 Å². The highest BCUT2D eigenvalue weighted by atomic mass is 15.1.